The molecule has 134 valence electrons. The second-order valence-corrected chi connectivity index (χ2v) is 6.93. The Hall–Kier alpha value is -2.82. The molecular weight excluding hydrogens is 335 g/mol. The van der Waals surface area contributed by atoms with Crippen LogP contribution in [-0.2, 0) is 5.60 Å². The first-order valence-electron chi connectivity index (χ1n) is 9.02. The Bertz CT molecular complexity index is 956. The molecule has 0 saturated carbocycles. The molecule has 0 atom stereocenters. The van der Waals surface area contributed by atoms with Crippen LogP contribution in [0, 0.1) is 13.8 Å². The van der Waals surface area contributed by atoms with Crippen molar-refractivity contribution in [3.05, 3.63) is 101 Å². The summed E-state index contributed by atoms with van der Waals surface area (Å²) in [6.45, 7) is 3.82. The van der Waals surface area contributed by atoms with Gasteiger partial charge in [0.2, 0.25) is 0 Å². The molecule has 1 heterocycles. The van der Waals surface area contributed by atoms with Crippen LogP contribution < -0.4 is 10.2 Å². The predicted octanol–water partition coefficient (Wildman–Crippen LogP) is 3.33. The lowest BCUT2D eigenvalue weighted by atomic mass is 9.74. The van der Waals surface area contributed by atoms with E-state index in [1.54, 1.807) is 6.07 Å². The summed E-state index contributed by atoms with van der Waals surface area (Å²) in [5, 5.41) is 19.4. The van der Waals surface area contributed by atoms with Gasteiger partial charge in [0, 0.05) is 16.7 Å². The Kier molecular flexibility index (Phi) is 4.38. The number of benzene rings is 3. The number of fused-ring (bicyclic) bond motifs is 1. The van der Waals surface area contributed by atoms with Crippen molar-refractivity contribution in [2.45, 2.75) is 19.4 Å². The van der Waals surface area contributed by atoms with Crippen LogP contribution in [0.3, 0.4) is 0 Å². The van der Waals surface area contributed by atoms with Crippen LogP contribution in [-0.4, -0.2) is 17.2 Å². The van der Waals surface area contributed by atoms with Crippen LogP contribution in [0.25, 0.3) is 6.08 Å². The monoisotopic (exact) mass is 356 g/mol. The lowest BCUT2D eigenvalue weighted by molar-refractivity contribution is 0.159. The third-order valence-electron chi connectivity index (χ3n) is 5.24. The topological polar surface area (TPSA) is 49.7 Å². The highest BCUT2D eigenvalue weighted by Gasteiger charge is 2.38. The summed E-state index contributed by atoms with van der Waals surface area (Å²) in [7, 11) is -1.50. The van der Waals surface area contributed by atoms with Gasteiger partial charge < -0.3 is 14.8 Å². The summed E-state index contributed by atoms with van der Waals surface area (Å²) in [5.74, 6) is 0.770. The van der Waals surface area contributed by atoms with Gasteiger partial charge in [0.25, 0.3) is 0 Å². The molecule has 3 nitrogen and oxygen atoms in total. The van der Waals surface area contributed by atoms with Crippen molar-refractivity contribution in [2.24, 2.45) is 0 Å². The molecule has 27 heavy (non-hydrogen) atoms. The van der Waals surface area contributed by atoms with Gasteiger partial charge in [0.1, 0.15) is 5.75 Å². The Morgan fingerprint density at radius 1 is 0.852 bits per heavy atom. The van der Waals surface area contributed by atoms with E-state index in [0.29, 0.717) is 5.46 Å². The van der Waals surface area contributed by atoms with Crippen LogP contribution in [0.1, 0.15) is 27.8 Å². The zero-order chi connectivity index (χ0) is 19.0. The number of rotatable bonds is 3. The fourth-order valence-corrected chi connectivity index (χ4v) is 3.79. The Morgan fingerprint density at radius 2 is 1.41 bits per heavy atom. The van der Waals surface area contributed by atoms with E-state index in [2.05, 4.69) is 30.3 Å². The van der Waals surface area contributed by atoms with Gasteiger partial charge >= 0.3 is 7.12 Å². The fourth-order valence-electron chi connectivity index (χ4n) is 3.79. The lowest BCUT2D eigenvalue weighted by Crippen LogP contribution is -2.37. The third kappa shape index (κ3) is 2.87. The second kappa shape index (κ2) is 6.73. The molecule has 3 aromatic carbocycles. The van der Waals surface area contributed by atoms with Gasteiger partial charge in [-0.3, -0.25) is 0 Å². The van der Waals surface area contributed by atoms with E-state index in [4.69, 9.17) is 4.74 Å². The molecule has 1 aliphatic rings. The zero-order valence-electron chi connectivity index (χ0n) is 15.4. The van der Waals surface area contributed by atoms with Crippen molar-refractivity contribution in [2.75, 3.05) is 0 Å². The van der Waals surface area contributed by atoms with E-state index in [-0.39, 0.29) is 0 Å². The quantitative estimate of drug-likeness (QED) is 0.708. The van der Waals surface area contributed by atoms with E-state index in [9.17, 15) is 10.0 Å². The average Bonchev–Trinajstić information content (AvgIpc) is 2.71. The number of aryl methyl sites for hydroxylation is 1. The van der Waals surface area contributed by atoms with E-state index >= 15 is 0 Å². The minimum absolute atomic E-state index is 0.506. The van der Waals surface area contributed by atoms with E-state index in [1.165, 1.54) is 0 Å². The fraction of sp³-hybridized carbons (Fsp3) is 0.130. The molecule has 3 aromatic rings. The van der Waals surface area contributed by atoms with Gasteiger partial charge in [-0.2, -0.15) is 0 Å². The zero-order valence-corrected chi connectivity index (χ0v) is 15.4. The molecule has 1 aliphatic heterocycles. The highest BCUT2D eigenvalue weighted by Crippen LogP contribution is 2.43. The van der Waals surface area contributed by atoms with Gasteiger partial charge in [-0.25, -0.2) is 0 Å². The molecule has 4 rings (SSSR count). The van der Waals surface area contributed by atoms with Crippen LogP contribution >= 0.6 is 0 Å². The van der Waals surface area contributed by atoms with Gasteiger partial charge in [-0.15, -0.1) is 0 Å². The van der Waals surface area contributed by atoms with Crippen LogP contribution in [0.2, 0.25) is 0 Å². The minimum atomic E-state index is -1.50. The number of ether oxygens (including phenoxy) is 1. The summed E-state index contributed by atoms with van der Waals surface area (Å²) in [6, 6.07) is 22.1. The third-order valence-corrected chi connectivity index (χ3v) is 5.24. The van der Waals surface area contributed by atoms with Crippen molar-refractivity contribution < 1.29 is 14.8 Å². The molecule has 4 heteroatoms. The Balaban J connectivity index is 1.94. The molecule has 0 radical (unpaired) electrons. The first-order chi connectivity index (χ1) is 13.0. The van der Waals surface area contributed by atoms with Crippen molar-refractivity contribution >= 4 is 18.7 Å². The molecule has 0 fully saturated rings. The first-order valence-corrected chi connectivity index (χ1v) is 9.02. The molecule has 0 unspecified atom stereocenters. The summed E-state index contributed by atoms with van der Waals surface area (Å²) in [5.41, 5.74) is 4.44. The van der Waals surface area contributed by atoms with Crippen molar-refractivity contribution in [1.29, 1.82) is 0 Å². The first kappa shape index (κ1) is 17.6. The van der Waals surface area contributed by atoms with Crippen molar-refractivity contribution in [3.8, 4) is 5.75 Å². The van der Waals surface area contributed by atoms with Gasteiger partial charge in [-0.1, -0.05) is 72.8 Å². The minimum Gasteiger partial charge on any atom is -0.473 e. The van der Waals surface area contributed by atoms with Crippen molar-refractivity contribution in [1.82, 2.24) is 0 Å². The molecule has 0 saturated heterocycles. The smallest absolute Gasteiger partial charge is 0.473 e. The highest BCUT2D eigenvalue weighted by atomic mass is 16.5. The largest absolute Gasteiger partial charge is 0.488 e. The Labute approximate surface area is 159 Å². The summed E-state index contributed by atoms with van der Waals surface area (Å²) < 4.78 is 6.69. The number of hydrogen-bond donors (Lipinski definition) is 2. The standard InChI is InChI=1S/C23H21BO3/c1-16-15-21(24(25)26)17(2)20-13-14-23(27-22(16)20,18-9-5-3-6-10-18)19-11-7-4-8-12-19/h3-15,25-26H,1-2H3. The Morgan fingerprint density at radius 3 is 1.93 bits per heavy atom. The summed E-state index contributed by atoms with van der Waals surface area (Å²) in [4.78, 5) is 0. The molecule has 0 bridgehead atoms. The van der Waals surface area contributed by atoms with E-state index in [1.807, 2.05) is 56.3 Å². The molecule has 0 aromatic heterocycles. The van der Waals surface area contributed by atoms with Gasteiger partial charge in [0.05, 0.1) is 0 Å². The molecule has 0 aliphatic carbocycles. The highest BCUT2D eigenvalue weighted by molar-refractivity contribution is 6.59. The maximum atomic E-state index is 9.68. The maximum absolute atomic E-state index is 9.68. The second-order valence-electron chi connectivity index (χ2n) is 6.93. The molecule has 0 amide bonds. The van der Waals surface area contributed by atoms with E-state index in [0.717, 1.165) is 33.6 Å². The van der Waals surface area contributed by atoms with Gasteiger partial charge in [0.15, 0.2) is 5.60 Å². The van der Waals surface area contributed by atoms with Crippen LogP contribution in [0.4, 0.5) is 0 Å². The van der Waals surface area contributed by atoms with Gasteiger partial charge in [-0.05, 0) is 36.5 Å². The summed E-state index contributed by atoms with van der Waals surface area (Å²) >= 11 is 0. The maximum Gasteiger partial charge on any atom is 0.488 e. The molecule has 0 spiro atoms. The predicted molar refractivity (Wildman–Crippen MR) is 109 cm³/mol. The van der Waals surface area contributed by atoms with Crippen molar-refractivity contribution in [3.63, 3.8) is 0 Å². The van der Waals surface area contributed by atoms with Crippen LogP contribution in [0.15, 0.2) is 72.8 Å². The SMILES string of the molecule is Cc1cc(B(O)O)c(C)c2c1OC(c1ccccc1)(c1ccccc1)C=C2. The van der Waals surface area contributed by atoms with E-state index < -0.39 is 12.7 Å². The van der Waals surface area contributed by atoms with Crippen LogP contribution in [0.5, 0.6) is 5.75 Å². The lowest BCUT2D eigenvalue weighted by Gasteiger charge is -2.37. The molecular formula is C23H21BO3. The number of hydrogen-bond acceptors (Lipinski definition) is 3. The average molecular weight is 356 g/mol. The summed E-state index contributed by atoms with van der Waals surface area (Å²) in [6.07, 6.45) is 4.09. The molecule has 2 N–H and O–H groups in total. The normalized spacial score (nSPS) is 14.4.